The Labute approximate surface area is 429 Å². The predicted molar refractivity (Wildman–Crippen MR) is 268 cm³/mol. The molecule has 4 aliphatic heterocycles. The van der Waals surface area contributed by atoms with Gasteiger partial charge in [-0.15, -0.1) is 0 Å². The van der Waals surface area contributed by atoms with E-state index in [0.29, 0.717) is 36.3 Å². The third-order valence-electron chi connectivity index (χ3n) is 13.5. The van der Waals surface area contributed by atoms with E-state index in [4.69, 9.17) is 19.7 Å². The number of phosphoric acid groups is 3. The molecule has 0 saturated carbocycles. The molecule has 3 unspecified atom stereocenters. The quantitative estimate of drug-likeness (QED) is 0.0289. The van der Waals surface area contributed by atoms with Crippen molar-refractivity contribution in [3.8, 4) is 11.5 Å². The van der Waals surface area contributed by atoms with E-state index in [2.05, 4.69) is 81.0 Å². The zero-order chi connectivity index (χ0) is 53.4. The number of amides is 1. The number of carbonyl (C=O) groups is 2. The Morgan fingerprint density at radius 1 is 0.867 bits per heavy atom. The number of anilines is 2. The van der Waals surface area contributed by atoms with Crippen LogP contribution >= 0.6 is 23.5 Å². The van der Waals surface area contributed by atoms with E-state index in [1.54, 1.807) is 12.1 Å². The Morgan fingerprint density at radius 3 is 2.39 bits per heavy atom. The SMILES string of the molecule is CCN1CCCc2cc3c(cc21)Oc1cc2c(cc1=C3c1ccc(C(=O)NCCCCCCOP(=O)(O)OP(=O)(O)OP(=O)(O)OC[C@H]3O[C@@H](n4cnc5c(N)ncnc54)[C@H](O)[C@@H]3O)cc1C(=O)O)CCC[N+]=2CC. The lowest BCUT2D eigenvalue weighted by molar-refractivity contribution is -0.0503. The topological polar surface area (TPSA) is 350 Å². The number of ether oxygens (including phenoxy) is 2. The molecule has 402 valence electrons. The van der Waals surface area contributed by atoms with Crippen LogP contribution in [0.1, 0.15) is 102 Å². The second-order valence-corrected chi connectivity index (χ2v) is 23.0. The van der Waals surface area contributed by atoms with Crippen LogP contribution in [0.4, 0.5) is 11.5 Å². The molecule has 2 aromatic heterocycles. The minimum absolute atomic E-state index is 0.0285. The zero-order valence-corrected chi connectivity index (χ0v) is 43.6. The van der Waals surface area contributed by atoms with Crippen molar-refractivity contribution in [2.75, 3.05) is 56.6 Å². The average Bonchev–Trinajstić information content (AvgIpc) is 3.93. The molecule has 1 amide bonds. The van der Waals surface area contributed by atoms with Crippen LogP contribution < -0.4 is 35.8 Å². The van der Waals surface area contributed by atoms with Gasteiger partial charge in [0.1, 0.15) is 54.7 Å². The molecule has 0 aliphatic carbocycles. The molecule has 6 heterocycles. The molecule has 25 nitrogen and oxygen atoms in total. The summed E-state index contributed by atoms with van der Waals surface area (Å²) in [6.07, 6.45) is 1.35. The number of phosphoric ester groups is 2. The van der Waals surface area contributed by atoms with Gasteiger partial charge in [-0.1, -0.05) is 18.9 Å². The van der Waals surface area contributed by atoms with Crippen LogP contribution in [0, 0.1) is 0 Å². The molecule has 75 heavy (non-hydrogen) atoms. The predicted octanol–water partition coefficient (Wildman–Crippen LogP) is 3.67. The van der Waals surface area contributed by atoms with Crippen LogP contribution in [-0.2, 0) is 48.9 Å². The fourth-order valence-electron chi connectivity index (χ4n) is 9.94. The number of carbonyl (C=O) groups excluding carboxylic acids is 1. The van der Waals surface area contributed by atoms with Crippen LogP contribution in [0.2, 0.25) is 0 Å². The van der Waals surface area contributed by atoms with Gasteiger partial charge in [-0.2, -0.15) is 8.62 Å². The smallest absolute Gasteiger partial charge is 0.478 e. The normalized spacial score (nSPS) is 21.5. The number of rotatable bonds is 21. The lowest BCUT2D eigenvalue weighted by atomic mass is 9.86. The number of nitrogens with two attached hydrogens (primary N) is 1. The second kappa shape index (κ2) is 22.2. The molecule has 0 spiro atoms. The van der Waals surface area contributed by atoms with Crippen LogP contribution in [0.3, 0.4) is 0 Å². The molecule has 9 rings (SSSR count). The van der Waals surface area contributed by atoms with E-state index in [1.807, 2.05) is 0 Å². The van der Waals surface area contributed by atoms with Crippen molar-refractivity contribution in [2.45, 2.75) is 89.8 Å². The van der Waals surface area contributed by atoms with Gasteiger partial charge in [0.2, 0.25) is 5.36 Å². The number of aromatic carboxylic acids is 1. The summed E-state index contributed by atoms with van der Waals surface area (Å²) < 4.78 is 71.1. The molecular weight excluding hydrogens is 1040 g/mol. The number of fused-ring (bicyclic) bond motifs is 5. The van der Waals surface area contributed by atoms with E-state index < -0.39 is 73.1 Å². The Balaban J connectivity index is 0.765. The first-order valence-electron chi connectivity index (χ1n) is 24.5. The molecule has 1 saturated heterocycles. The zero-order valence-electron chi connectivity index (χ0n) is 40.9. The fraction of sp³-hybridized carbons (Fsp3) is 0.447. The number of hydrogen-bond donors (Lipinski definition) is 8. The highest BCUT2D eigenvalue weighted by Crippen LogP contribution is 2.67. The standard InChI is InChI=1S/C47H57N8O17P3/c1-3-53-16-9-11-27-19-32-36(22-34(27)53)69-37-23-35-28(12-10-17-54(35)4-2)20-33(37)39(32)30-14-13-29(21-31(30)47(59)60)45(58)49-15-7-5-6-8-18-67-73(61,62)71-75(65,66)72-74(63,64)68-24-38-41(56)42(57)46(70-38)55-26-52-40-43(48)50-25-51-44(40)55/h13-14,19-23,25-26,38,41-42,46,56-57H,3-12,15-18,24H2,1-2H3,(H6-,48,49,50,51,58,59,60,61,62,63,64,65,66)/p+1/t38-,41-,42-,46-/m1/s1. The summed E-state index contributed by atoms with van der Waals surface area (Å²) in [5, 5.41) is 36.5. The van der Waals surface area contributed by atoms with E-state index in [0.717, 1.165) is 96.7 Å². The minimum Gasteiger partial charge on any atom is -0.478 e. The van der Waals surface area contributed by atoms with Crippen molar-refractivity contribution in [1.29, 1.82) is 0 Å². The number of aryl methyl sites for hydroxylation is 2. The number of nitrogens with one attached hydrogen (secondary N) is 1. The first-order valence-corrected chi connectivity index (χ1v) is 29.0. The van der Waals surface area contributed by atoms with E-state index in [9.17, 15) is 53.3 Å². The number of nitrogens with zero attached hydrogens (tertiary/aromatic N) is 6. The van der Waals surface area contributed by atoms with Crippen molar-refractivity contribution in [3.63, 3.8) is 0 Å². The van der Waals surface area contributed by atoms with Crippen LogP contribution in [0.15, 0.2) is 55.1 Å². The van der Waals surface area contributed by atoms with Crippen molar-refractivity contribution in [1.82, 2.24) is 29.4 Å². The molecule has 0 bridgehead atoms. The maximum Gasteiger partial charge on any atom is 0.490 e. The summed E-state index contributed by atoms with van der Waals surface area (Å²) in [7, 11) is -16.7. The Bertz CT molecular complexity index is 3320. The van der Waals surface area contributed by atoms with Gasteiger partial charge in [0.25, 0.3) is 5.91 Å². The average molecular weight is 1100 g/mol. The summed E-state index contributed by atoms with van der Waals surface area (Å²) in [5.41, 5.74) is 11.6. The maximum atomic E-state index is 13.4. The number of carboxylic acids is 1. The van der Waals surface area contributed by atoms with Crippen molar-refractivity contribution in [3.05, 3.63) is 99.1 Å². The van der Waals surface area contributed by atoms with Crippen LogP contribution in [-0.4, -0.2) is 126 Å². The molecule has 3 aromatic carbocycles. The van der Waals surface area contributed by atoms with E-state index in [-0.39, 0.29) is 41.1 Å². The van der Waals surface area contributed by atoms with Gasteiger partial charge >= 0.3 is 29.4 Å². The summed E-state index contributed by atoms with van der Waals surface area (Å²) in [6.45, 7) is 6.54. The number of unbranched alkanes of at least 4 members (excludes halogenated alkanes) is 3. The highest BCUT2D eigenvalue weighted by Gasteiger charge is 2.47. The number of aliphatic hydroxyl groups excluding tert-OH is 2. The van der Waals surface area contributed by atoms with Gasteiger partial charge in [-0.05, 0) is 81.3 Å². The van der Waals surface area contributed by atoms with Gasteiger partial charge in [0.15, 0.2) is 17.7 Å². The van der Waals surface area contributed by atoms with Gasteiger partial charge in [0.05, 0.1) is 31.2 Å². The lowest BCUT2D eigenvalue weighted by Gasteiger charge is -2.32. The van der Waals surface area contributed by atoms with Crippen molar-refractivity contribution >= 4 is 63.6 Å². The number of hydrogen-bond acceptors (Lipinski definition) is 18. The Hall–Kier alpha value is -5.49. The Morgan fingerprint density at radius 2 is 1.63 bits per heavy atom. The number of aliphatic hydroxyl groups is 2. The van der Waals surface area contributed by atoms with Gasteiger partial charge in [-0.25, -0.2) is 38.0 Å². The van der Waals surface area contributed by atoms with Crippen molar-refractivity contribution < 1.29 is 80.4 Å². The first kappa shape index (κ1) is 54.3. The summed E-state index contributed by atoms with van der Waals surface area (Å²) in [5.74, 6) is -0.378. The first-order chi connectivity index (χ1) is 35.8. The molecule has 1 fully saturated rings. The number of imidazole rings is 1. The van der Waals surface area contributed by atoms with Gasteiger partial charge < -0.3 is 55.4 Å². The highest BCUT2D eigenvalue weighted by molar-refractivity contribution is 7.66. The molecule has 7 atom stereocenters. The summed E-state index contributed by atoms with van der Waals surface area (Å²) >= 11 is 0. The lowest BCUT2D eigenvalue weighted by Crippen LogP contribution is -2.39. The molecule has 9 N–H and O–H groups in total. The molecule has 5 aromatic rings. The van der Waals surface area contributed by atoms with E-state index >= 15 is 0 Å². The highest BCUT2D eigenvalue weighted by atomic mass is 31.3. The second-order valence-electron chi connectivity index (χ2n) is 18.4. The molecule has 28 heteroatoms. The summed E-state index contributed by atoms with van der Waals surface area (Å²) in [6, 6.07) is 13.1. The summed E-state index contributed by atoms with van der Waals surface area (Å²) in [4.78, 5) is 71.0. The van der Waals surface area contributed by atoms with Gasteiger partial charge in [-0.3, -0.25) is 18.4 Å². The van der Waals surface area contributed by atoms with Crippen LogP contribution in [0.5, 0.6) is 11.5 Å². The number of benzene rings is 3. The fourth-order valence-corrected chi connectivity index (χ4v) is 13.5. The third-order valence-corrected chi connectivity index (χ3v) is 17.8. The maximum absolute atomic E-state index is 13.4. The molecule has 4 aliphatic rings. The van der Waals surface area contributed by atoms with Gasteiger partial charge in [0, 0.05) is 65.3 Å². The Kier molecular flexibility index (Phi) is 16.1. The molecular formula is C47H58N8O17P3+. The minimum atomic E-state index is -5.82. The third kappa shape index (κ3) is 11.8. The number of carboxylic acid groups (broad SMARTS) is 1. The number of nitrogen functional groups attached to an aromatic ring is 1. The van der Waals surface area contributed by atoms with Crippen LogP contribution in [0.25, 0.3) is 16.7 Å². The van der Waals surface area contributed by atoms with Crippen molar-refractivity contribution in [2.24, 2.45) is 0 Å². The largest absolute Gasteiger partial charge is 0.490 e. The monoisotopic (exact) mass is 1100 g/mol. The number of aromatic nitrogens is 4. The molecule has 0 radical (unpaired) electrons. The van der Waals surface area contributed by atoms with E-state index in [1.165, 1.54) is 17.0 Å².